The number of carbonyl (C=O) groups excluding carboxylic acids is 1. The normalized spacial score (nSPS) is 18.4. The zero-order valence-corrected chi connectivity index (χ0v) is 8.34. The van der Waals surface area contributed by atoms with Crippen molar-refractivity contribution in [1.29, 1.82) is 0 Å². The molecule has 0 aromatic carbocycles. The first kappa shape index (κ1) is 11.4. The highest BCUT2D eigenvalue weighted by Crippen LogP contribution is 2.02. The van der Waals surface area contributed by atoms with Gasteiger partial charge in [-0.05, 0) is 52.4 Å². The van der Waals surface area contributed by atoms with Crippen LogP contribution in [0.5, 0.6) is 0 Å². The quantitative estimate of drug-likeness (QED) is 0.441. The van der Waals surface area contributed by atoms with Gasteiger partial charge in [-0.3, -0.25) is 4.79 Å². The molecule has 1 aliphatic rings. The standard InChI is InChI=1S/C5H11N.C5H8O/c1-6-4-2-3-5-6;1-3-5(2)4-6/h2-5H2,1H3;3-4H,1-2H3/b;5-3+. The summed E-state index contributed by atoms with van der Waals surface area (Å²) in [5.74, 6) is 0. The van der Waals surface area contributed by atoms with Gasteiger partial charge < -0.3 is 4.90 Å². The highest BCUT2D eigenvalue weighted by Gasteiger charge is 2.03. The third kappa shape index (κ3) is 6.10. The van der Waals surface area contributed by atoms with E-state index >= 15 is 0 Å². The van der Waals surface area contributed by atoms with E-state index < -0.39 is 0 Å². The van der Waals surface area contributed by atoms with E-state index in [-0.39, 0.29) is 0 Å². The summed E-state index contributed by atoms with van der Waals surface area (Å²) in [5.41, 5.74) is 0.787. The van der Waals surface area contributed by atoms with Crippen molar-refractivity contribution >= 4 is 6.29 Å². The monoisotopic (exact) mass is 169 g/mol. The summed E-state index contributed by atoms with van der Waals surface area (Å²) in [4.78, 5) is 12.0. The van der Waals surface area contributed by atoms with Crippen LogP contribution in [-0.4, -0.2) is 31.3 Å². The van der Waals surface area contributed by atoms with Crippen molar-refractivity contribution in [2.75, 3.05) is 20.1 Å². The van der Waals surface area contributed by atoms with Gasteiger partial charge in [0.05, 0.1) is 0 Å². The predicted molar refractivity (Wildman–Crippen MR) is 52.2 cm³/mol. The van der Waals surface area contributed by atoms with Gasteiger partial charge in [-0.25, -0.2) is 0 Å². The van der Waals surface area contributed by atoms with Crippen LogP contribution in [0, 0.1) is 0 Å². The van der Waals surface area contributed by atoms with Gasteiger partial charge in [0.2, 0.25) is 0 Å². The number of hydrogen-bond donors (Lipinski definition) is 0. The van der Waals surface area contributed by atoms with E-state index in [1.54, 1.807) is 13.0 Å². The molecule has 0 spiro atoms. The second-order valence-electron chi connectivity index (χ2n) is 3.16. The van der Waals surface area contributed by atoms with Crippen molar-refractivity contribution in [2.45, 2.75) is 26.7 Å². The maximum absolute atomic E-state index is 9.67. The lowest BCUT2D eigenvalue weighted by Crippen LogP contribution is -2.10. The molecule has 1 rings (SSSR count). The number of hydrogen-bond acceptors (Lipinski definition) is 2. The predicted octanol–water partition coefficient (Wildman–Crippen LogP) is 1.86. The van der Waals surface area contributed by atoms with E-state index in [1.165, 1.54) is 25.9 Å². The fraction of sp³-hybridized carbons (Fsp3) is 0.700. The molecule has 0 aromatic heterocycles. The summed E-state index contributed by atoms with van der Waals surface area (Å²) in [6, 6.07) is 0. The number of rotatable bonds is 1. The Hall–Kier alpha value is -0.630. The Kier molecular flexibility index (Phi) is 6.67. The van der Waals surface area contributed by atoms with Crippen LogP contribution in [0.4, 0.5) is 0 Å². The fourth-order valence-corrected chi connectivity index (χ4v) is 0.943. The molecule has 2 heteroatoms. The molecule has 0 N–H and O–H groups in total. The van der Waals surface area contributed by atoms with Gasteiger partial charge in [-0.1, -0.05) is 6.08 Å². The van der Waals surface area contributed by atoms with E-state index in [4.69, 9.17) is 0 Å². The highest BCUT2D eigenvalue weighted by molar-refractivity contribution is 5.71. The van der Waals surface area contributed by atoms with E-state index in [2.05, 4.69) is 11.9 Å². The molecule has 0 amide bonds. The van der Waals surface area contributed by atoms with Crippen molar-refractivity contribution in [1.82, 2.24) is 4.90 Å². The first-order valence-electron chi connectivity index (χ1n) is 4.47. The fourth-order valence-electron chi connectivity index (χ4n) is 0.943. The van der Waals surface area contributed by atoms with Crippen LogP contribution in [0.3, 0.4) is 0 Å². The van der Waals surface area contributed by atoms with Gasteiger partial charge in [0, 0.05) is 0 Å². The maximum atomic E-state index is 9.67. The molecule has 0 atom stereocenters. The molecular weight excluding hydrogens is 150 g/mol. The molecule has 2 nitrogen and oxygen atoms in total. The summed E-state index contributed by atoms with van der Waals surface area (Å²) in [7, 11) is 2.17. The van der Waals surface area contributed by atoms with Gasteiger partial charge in [-0.15, -0.1) is 0 Å². The molecule has 1 heterocycles. The van der Waals surface area contributed by atoms with Crippen molar-refractivity contribution in [3.63, 3.8) is 0 Å². The average Bonchev–Trinajstić information content (AvgIpc) is 2.55. The number of nitrogens with zero attached hydrogens (tertiary/aromatic N) is 1. The minimum Gasteiger partial charge on any atom is -0.306 e. The van der Waals surface area contributed by atoms with Crippen molar-refractivity contribution in [3.05, 3.63) is 11.6 Å². The molecule has 0 unspecified atom stereocenters. The number of likely N-dealkylation sites (tertiary alicyclic amines) is 1. The molecule has 0 saturated carbocycles. The van der Waals surface area contributed by atoms with E-state index in [9.17, 15) is 4.79 Å². The maximum Gasteiger partial charge on any atom is 0.145 e. The third-order valence-electron chi connectivity index (χ3n) is 1.97. The summed E-state index contributed by atoms with van der Waals surface area (Å²) in [6.07, 6.45) is 5.43. The Morgan fingerprint density at radius 3 is 1.92 bits per heavy atom. The molecule has 12 heavy (non-hydrogen) atoms. The number of aldehydes is 1. The highest BCUT2D eigenvalue weighted by atomic mass is 16.1. The summed E-state index contributed by atoms with van der Waals surface area (Å²) >= 11 is 0. The zero-order valence-electron chi connectivity index (χ0n) is 8.34. The molecule has 0 bridgehead atoms. The molecular formula is C10H19NO. The molecule has 1 fully saturated rings. The molecule has 0 aliphatic carbocycles. The van der Waals surface area contributed by atoms with Gasteiger partial charge >= 0.3 is 0 Å². The minimum atomic E-state index is 0.787. The first-order valence-corrected chi connectivity index (χ1v) is 4.47. The van der Waals surface area contributed by atoms with Crippen LogP contribution in [0.1, 0.15) is 26.7 Å². The lowest BCUT2D eigenvalue weighted by atomic mass is 10.3. The first-order chi connectivity index (χ1) is 5.70. The van der Waals surface area contributed by atoms with Crippen molar-refractivity contribution < 1.29 is 4.79 Å². The Labute approximate surface area is 75.3 Å². The number of allylic oxidation sites excluding steroid dienone is 2. The lowest BCUT2D eigenvalue weighted by molar-refractivity contribution is -0.104. The molecule has 1 aliphatic heterocycles. The number of carbonyl (C=O) groups is 1. The van der Waals surface area contributed by atoms with Crippen LogP contribution in [0.15, 0.2) is 11.6 Å². The van der Waals surface area contributed by atoms with Crippen LogP contribution in [-0.2, 0) is 4.79 Å². The summed E-state index contributed by atoms with van der Waals surface area (Å²) in [6.45, 7) is 6.25. The zero-order chi connectivity index (χ0) is 9.40. The van der Waals surface area contributed by atoms with Gasteiger partial charge in [0.15, 0.2) is 0 Å². The second kappa shape index (κ2) is 7.04. The van der Waals surface area contributed by atoms with Gasteiger partial charge in [0.25, 0.3) is 0 Å². The van der Waals surface area contributed by atoms with Crippen LogP contribution < -0.4 is 0 Å². The van der Waals surface area contributed by atoms with Gasteiger partial charge in [-0.2, -0.15) is 0 Å². The Morgan fingerprint density at radius 2 is 1.83 bits per heavy atom. The molecule has 0 aromatic rings. The molecule has 0 radical (unpaired) electrons. The summed E-state index contributed by atoms with van der Waals surface area (Å²) < 4.78 is 0. The average molecular weight is 169 g/mol. The van der Waals surface area contributed by atoms with Crippen LogP contribution in [0.25, 0.3) is 0 Å². The smallest absolute Gasteiger partial charge is 0.145 e. The minimum absolute atomic E-state index is 0.787. The lowest BCUT2D eigenvalue weighted by Gasteiger charge is -2.01. The van der Waals surface area contributed by atoms with Gasteiger partial charge in [0.1, 0.15) is 6.29 Å². The Balaban J connectivity index is 0.000000202. The van der Waals surface area contributed by atoms with E-state index in [1.807, 2.05) is 6.92 Å². The van der Waals surface area contributed by atoms with E-state index in [0.717, 1.165) is 11.9 Å². The molecule has 1 saturated heterocycles. The largest absolute Gasteiger partial charge is 0.306 e. The third-order valence-corrected chi connectivity index (χ3v) is 1.97. The van der Waals surface area contributed by atoms with Crippen LogP contribution in [0.2, 0.25) is 0 Å². The van der Waals surface area contributed by atoms with Crippen molar-refractivity contribution in [3.8, 4) is 0 Å². The summed E-state index contributed by atoms with van der Waals surface area (Å²) in [5, 5.41) is 0. The SMILES string of the molecule is C/C=C(\C)C=O.CN1CCCC1. The second-order valence-corrected chi connectivity index (χ2v) is 3.16. The van der Waals surface area contributed by atoms with Crippen LogP contribution >= 0.6 is 0 Å². The van der Waals surface area contributed by atoms with Crippen molar-refractivity contribution in [2.24, 2.45) is 0 Å². The molecule has 70 valence electrons. The Bertz CT molecular complexity index is 146. The van der Waals surface area contributed by atoms with E-state index in [0.29, 0.717) is 0 Å². The topological polar surface area (TPSA) is 20.3 Å². The Morgan fingerprint density at radius 1 is 1.33 bits per heavy atom.